The lowest BCUT2D eigenvalue weighted by molar-refractivity contribution is -0.385. The smallest absolute Gasteiger partial charge is 0.337 e. The standard InChI is InChI=1S/C13H11BrN2O4/c1-7-5-10(13(17)18)8(2)15(7)9-3-4-11(14)12(6-9)16(19)20/h3-6H,1-2H3,(H,17,18). The predicted molar refractivity (Wildman–Crippen MR) is 76.6 cm³/mol. The van der Waals surface area contributed by atoms with Crippen LogP contribution in [0.3, 0.4) is 0 Å². The van der Waals surface area contributed by atoms with Crippen LogP contribution in [0.15, 0.2) is 28.7 Å². The summed E-state index contributed by atoms with van der Waals surface area (Å²) in [5, 5.41) is 20.1. The summed E-state index contributed by atoms with van der Waals surface area (Å²) in [6, 6.07) is 6.23. The normalized spacial score (nSPS) is 10.6. The summed E-state index contributed by atoms with van der Waals surface area (Å²) in [6.45, 7) is 3.43. The molecule has 0 aliphatic carbocycles. The second-order valence-corrected chi connectivity index (χ2v) is 5.17. The van der Waals surface area contributed by atoms with Gasteiger partial charge < -0.3 is 9.67 Å². The van der Waals surface area contributed by atoms with Crippen LogP contribution >= 0.6 is 15.9 Å². The van der Waals surface area contributed by atoms with Gasteiger partial charge >= 0.3 is 5.97 Å². The fourth-order valence-corrected chi connectivity index (χ4v) is 2.55. The number of rotatable bonds is 3. The number of halogens is 1. The van der Waals surface area contributed by atoms with E-state index in [0.29, 0.717) is 21.5 Å². The molecule has 20 heavy (non-hydrogen) atoms. The maximum absolute atomic E-state index is 11.1. The largest absolute Gasteiger partial charge is 0.478 e. The Morgan fingerprint density at radius 1 is 1.35 bits per heavy atom. The van der Waals surface area contributed by atoms with Gasteiger partial charge in [0.05, 0.1) is 20.6 Å². The Bertz CT molecular complexity index is 721. The van der Waals surface area contributed by atoms with Gasteiger partial charge in [-0.2, -0.15) is 0 Å². The van der Waals surface area contributed by atoms with Crippen LogP contribution in [0.4, 0.5) is 5.69 Å². The van der Waals surface area contributed by atoms with E-state index in [4.69, 9.17) is 5.11 Å². The fourth-order valence-electron chi connectivity index (χ4n) is 2.16. The Morgan fingerprint density at radius 2 is 2.00 bits per heavy atom. The number of benzene rings is 1. The molecule has 0 amide bonds. The molecule has 1 aromatic heterocycles. The molecule has 7 heteroatoms. The van der Waals surface area contributed by atoms with E-state index in [1.165, 1.54) is 6.07 Å². The summed E-state index contributed by atoms with van der Waals surface area (Å²) >= 11 is 3.12. The van der Waals surface area contributed by atoms with Crippen molar-refractivity contribution in [1.29, 1.82) is 0 Å². The maximum Gasteiger partial charge on any atom is 0.337 e. The van der Waals surface area contributed by atoms with Gasteiger partial charge in [-0.25, -0.2) is 4.79 Å². The number of hydrogen-bond donors (Lipinski definition) is 1. The number of nitro groups is 1. The van der Waals surface area contributed by atoms with Crippen molar-refractivity contribution in [3.63, 3.8) is 0 Å². The van der Waals surface area contributed by atoms with Gasteiger partial charge in [-0.3, -0.25) is 10.1 Å². The molecule has 1 N–H and O–H groups in total. The first kappa shape index (κ1) is 14.3. The first-order valence-corrected chi connectivity index (χ1v) is 6.48. The van der Waals surface area contributed by atoms with E-state index in [2.05, 4.69) is 15.9 Å². The number of carboxylic acids is 1. The van der Waals surface area contributed by atoms with Gasteiger partial charge in [0.25, 0.3) is 5.69 Å². The van der Waals surface area contributed by atoms with Crippen molar-refractivity contribution < 1.29 is 14.8 Å². The molecule has 0 aliphatic heterocycles. The third-order valence-electron chi connectivity index (χ3n) is 3.05. The van der Waals surface area contributed by atoms with Crippen LogP contribution < -0.4 is 0 Å². The van der Waals surface area contributed by atoms with Gasteiger partial charge in [0.2, 0.25) is 0 Å². The lowest BCUT2D eigenvalue weighted by Gasteiger charge is -2.10. The lowest BCUT2D eigenvalue weighted by atomic mass is 10.2. The van der Waals surface area contributed by atoms with Crippen LogP contribution in [0.2, 0.25) is 0 Å². The number of nitrogens with zero attached hydrogens (tertiary/aromatic N) is 2. The van der Waals surface area contributed by atoms with Crippen molar-refractivity contribution in [2.75, 3.05) is 0 Å². The quantitative estimate of drug-likeness (QED) is 0.685. The molecular weight excluding hydrogens is 328 g/mol. The van der Waals surface area contributed by atoms with Crippen molar-refractivity contribution in [3.05, 3.63) is 55.8 Å². The Labute approximate surface area is 122 Å². The van der Waals surface area contributed by atoms with Crippen molar-refractivity contribution in [3.8, 4) is 5.69 Å². The summed E-state index contributed by atoms with van der Waals surface area (Å²) in [5.41, 5.74) is 1.92. The number of nitro benzene ring substituents is 1. The molecule has 2 rings (SSSR count). The molecule has 104 valence electrons. The highest BCUT2D eigenvalue weighted by Gasteiger charge is 2.18. The molecule has 1 aromatic carbocycles. The molecule has 1 heterocycles. The number of aromatic carboxylic acids is 1. The molecule has 0 saturated carbocycles. The van der Waals surface area contributed by atoms with Crippen molar-refractivity contribution in [2.45, 2.75) is 13.8 Å². The van der Waals surface area contributed by atoms with E-state index in [1.807, 2.05) is 0 Å². The summed E-state index contributed by atoms with van der Waals surface area (Å²) < 4.78 is 2.07. The van der Waals surface area contributed by atoms with E-state index in [1.54, 1.807) is 36.6 Å². The van der Waals surface area contributed by atoms with E-state index in [-0.39, 0.29) is 11.3 Å². The molecule has 0 saturated heterocycles. The summed E-state index contributed by atoms with van der Waals surface area (Å²) in [7, 11) is 0. The highest BCUT2D eigenvalue weighted by molar-refractivity contribution is 9.10. The van der Waals surface area contributed by atoms with Crippen LogP contribution in [0.25, 0.3) is 5.69 Å². The minimum absolute atomic E-state index is 0.0631. The van der Waals surface area contributed by atoms with Crippen molar-refractivity contribution in [2.24, 2.45) is 0 Å². The zero-order chi connectivity index (χ0) is 15.0. The fraction of sp³-hybridized carbons (Fsp3) is 0.154. The maximum atomic E-state index is 11.1. The van der Waals surface area contributed by atoms with Gasteiger partial charge in [-0.15, -0.1) is 0 Å². The Kier molecular flexibility index (Phi) is 3.63. The first-order valence-electron chi connectivity index (χ1n) is 5.69. The Balaban J connectivity index is 2.66. The average molecular weight is 339 g/mol. The topological polar surface area (TPSA) is 85.4 Å². The van der Waals surface area contributed by atoms with Crippen LogP contribution in [-0.2, 0) is 0 Å². The third-order valence-corrected chi connectivity index (χ3v) is 3.72. The van der Waals surface area contributed by atoms with Gasteiger partial charge in [-0.1, -0.05) is 0 Å². The first-order chi connectivity index (χ1) is 9.32. The van der Waals surface area contributed by atoms with Crippen LogP contribution in [0.1, 0.15) is 21.7 Å². The lowest BCUT2D eigenvalue weighted by Crippen LogP contribution is -2.03. The number of aryl methyl sites for hydroxylation is 1. The Morgan fingerprint density at radius 3 is 2.50 bits per heavy atom. The van der Waals surface area contributed by atoms with E-state index < -0.39 is 10.9 Å². The number of carbonyl (C=O) groups is 1. The average Bonchev–Trinajstić information content (AvgIpc) is 2.66. The van der Waals surface area contributed by atoms with Crippen molar-refractivity contribution in [1.82, 2.24) is 4.57 Å². The molecule has 0 atom stereocenters. The van der Waals surface area contributed by atoms with Crippen LogP contribution in [0.5, 0.6) is 0 Å². The third kappa shape index (κ3) is 2.32. The van der Waals surface area contributed by atoms with Crippen molar-refractivity contribution >= 4 is 27.6 Å². The SMILES string of the molecule is Cc1cc(C(=O)O)c(C)n1-c1ccc(Br)c([N+](=O)[O-])c1. The van der Waals surface area contributed by atoms with E-state index in [0.717, 1.165) is 0 Å². The van der Waals surface area contributed by atoms with Gasteiger partial charge in [0.1, 0.15) is 0 Å². The summed E-state index contributed by atoms with van der Waals surface area (Å²) in [6.07, 6.45) is 0. The van der Waals surface area contributed by atoms with Crippen LogP contribution in [-0.4, -0.2) is 20.6 Å². The predicted octanol–water partition coefficient (Wildman–Crippen LogP) is 3.46. The number of hydrogen-bond acceptors (Lipinski definition) is 3. The monoisotopic (exact) mass is 338 g/mol. The van der Waals surface area contributed by atoms with Gasteiger partial charge in [0, 0.05) is 17.5 Å². The minimum Gasteiger partial charge on any atom is -0.478 e. The highest BCUT2D eigenvalue weighted by Crippen LogP contribution is 2.29. The summed E-state index contributed by atoms with van der Waals surface area (Å²) in [5.74, 6) is -1.02. The Hall–Kier alpha value is -2.15. The molecular formula is C13H11BrN2O4. The molecule has 0 fully saturated rings. The van der Waals surface area contributed by atoms with Crippen LogP contribution in [0, 0.1) is 24.0 Å². The molecule has 0 radical (unpaired) electrons. The minimum atomic E-state index is -1.02. The van der Waals surface area contributed by atoms with E-state index in [9.17, 15) is 14.9 Å². The molecule has 2 aromatic rings. The molecule has 0 spiro atoms. The number of aromatic nitrogens is 1. The van der Waals surface area contributed by atoms with Gasteiger partial charge in [-0.05, 0) is 48.0 Å². The second kappa shape index (κ2) is 5.09. The molecule has 0 bridgehead atoms. The summed E-state index contributed by atoms with van der Waals surface area (Å²) in [4.78, 5) is 21.6. The zero-order valence-electron chi connectivity index (χ0n) is 10.8. The van der Waals surface area contributed by atoms with E-state index >= 15 is 0 Å². The highest BCUT2D eigenvalue weighted by atomic mass is 79.9. The number of carboxylic acid groups (broad SMARTS) is 1. The molecule has 0 aliphatic rings. The molecule has 6 nitrogen and oxygen atoms in total. The molecule has 0 unspecified atom stereocenters. The second-order valence-electron chi connectivity index (χ2n) is 4.32. The zero-order valence-corrected chi connectivity index (χ0v) is 12.3. The van der Waals surface area contributed by atoms with Gasteiger partial charge in [0.15, 0.2) is 0 Å².